The van der Waals surface area contributed by atoms with Crippen LogP contribution in [0, 0.1) is 0 Å². The monoisotopic (exact) mass is 321 g/mol. The van der Waals surface area contributed by atoms with E-state index in [0.29, 0.717) is 0 Å². The molecule has 0 aliphatic heterocycles. The van der Waals surface area contributed by atoms with E-state index >= 15 is 0 Å². The first-order valence-electron chi connectivity index (χ1n) is 8.27. The summed E-state index contributed by atoms with van der Waals surface area (Å²) in [5.74, 6) is 0. The van der Waals surface area contributed by atoms with Crippen LogP contribution in [0.2, 0.25) is 0 Å². The van der Waals surface area contributed by atoms with Crippen molar-refractivity contribution in [2.75, 3.05) is 0 Å². The Balaban J connectivity index is 1.76. The predicted octanol–water partition coefficient (Wildman–Crippen LogP) is 5.22. The Hall–Kier alpha value is -3.46. The van der Waals surface area contributed by atoms with Crippen molar-refractivity contribution >= 4 is 38.8 Å². The van der Waals surface area contributed by atoms with Gasteiger partial charge in [-0.1, -0.05) is 60.7 Å². The molecule has 0 bridgehead atoms. The van der Waals surface area contributed by atoms with Crippen molar-refractivity contribution in [1.82, 2.24) is 9.66 Å². The van der Waals surface area contributed by atoms with E-state index in [0.717, 1.165) is 16.6 Å². The summed E-state index contributed by atoms with van der Waals surface area (Å²) in [6.45, 7) is 0. The molecule has 0 N–H and O–H groups in total. The second kappa shape index (κ2) is 5.56. The Bertz CT molecular complexity index is 1190. The lowest BCUT2D eigenvalue weighted by Gasteiger charge is -2.08. The van der Waals surface area contributed by atoms with Gasteiger partial charge < -0.3 is 0 Å². The molecule has 0 spiro atoms. The first-order chi connectivity index (χ1) is 12.4. The molecule has 118 valence electrons. The minimum absolute atomic E-state index is 0.947. The Morgan fingerprint density at radius 2 is 1.40 bits per heavy atom. The SMILES string of the molecule is C(=N/n1cnc2ccccc21)/c1c2ccccc2cc2ccccc12. The van der Waals surface area contributed by atoms with Gasteiger partial charge in [-0.25, -0.2) is 9.66 Å². The Labute approximate surface area is 144 Å². The normalized spacial score (nSPS) is 11.8. The molecule has 3 nitrogen and oxygen atoms in total. The first kappa shape index (κ1) is 13.9. The van der Waals surface area contributed by atoms with E-state index in [-0.39, 0.29) is 0 Å². The molecule has 1 aromatic heterocycles. The molecule has 1 heterocycles. The average Bonchev–Trinajstić information content (AvgIpc) is 3.08. The number of benzene rings is 4. The molecule has 0 saturated carbocycles. The molecule has 0 unspecified atom stereocenters. The predicted molar refractivity (Wildman–Crippen MR) is 104 cm³/mol. The van der Waals surface area contributed by atoms with Crippen LogP contribution in [0.5, 0.6) is 0 Å². The highest BCUT2D eigenvalue weighted by Gasteiger charge is 2.06. The highest BCUT2D eigenvalue weighted by atomic mass is 15.4. The second-order valence-electron chi connectivity index (χ2n) is 6.05. The van der Waals surface area contributed by atoms with Crippen molar-refractivity contribution in [1.29, 1.82) is 0 Å². The van der Waals surface area contributed by atoms with Crippen LogP contribution in [0.3, 0.4) is 0 Å². The van der Waals surface area contributed by atoms with Gasteiger partial charge in [0.1, 0.15) is 6.33 Å². The van der Waals surface area contributed by atoms with E-state index in [9.17, 15) is 0 Å². The summed E-state index contributed by atoms with van der Waals surface area (Å²) in [6.07, 6.45) is 3.70. The van der Waals surface area contributed by atoms with Crippen LogP contribution in [0.15, 0.2) is 90.3 Å². The maximum atomic E-state index is 4.69. The zero-order valence-corrected chi connectivity index (χ0v) is 13.5. The molecule has 0 fully saturated rings. The molecule has 5 aromatic rings. The molecule has 0 radical (unpaired) electrons. The minimum atomic E-state index is 0.947. The zero-order valence-electron chi connectivity index (χ0n) is 13.5. The fourth-order valence-electron chi connectivity index (χ4n) is 3.35. The van der Waals surface area contributed by atoms with Crippen molar-refractivity contribution in [3.05, 3.63) is 90.8 Å². The molecule has 0 amide bonds. The quantitative estimate of drug-likeness (QED) is 0.324. The van der Waals surface area contributed by atoms with Gasteiger partial charge in [0.25, 0.3) is 0 Å². The summed E-state index contributed by atoms with van der Waals surface area (Å²) in [7, 11) is 0. The summed E-state index contributed by atoms with van der Waals surface area (Å²) in [5, 5.41) is 9.54. The van der Waals surface area contributed by atoms with Crippen molar-refractivity contribution in [3.8, 4) is 0 Å². The molecule has 0 atom stereocenters. The number of aromatic nitrogens is 2. The Morgan fingerprint density at radius 3 is 2.16 bits per heavy atom. The standard InChI is InChI=1S/C22H15N3/c1-3-9-18-16(7-1)13-17-8-2-4-10-19(17)20(18)14-24-25-15-23-21-11-5-6-12-22(21)25/h1-15H/b24-14-. The lowest BCUT2D eigenvalue weighted by Crippen LogP contribution is -1.92. The van der Waals surface area contributed by atoms with Gasteiger partial charge in [-0.15, -0.1) is 0 Å². The third kappa shape index (κ3) is 2.29. The summed E-state index contributed by atoms with van der Waals surface area (Å²) in [5.41, 5.74) is 3.08. The molecule has 3 heteroatoms. The molecule has 5 rings (SSSR count). The van der Waals surface area contributed by atoms with Crippen LogP contribution in [-0.4, -0.2) is 15.9 Å². The molecule has 4 aromatic carbocycles. The molecule has 0 aliphatic rings. The lowest BCUT2D eigenvalue weighted by molar-refractivity contribution is 0.915. The maximum absolute atomic E-state index is 4.69. The fraction of sp³-hybridized carbons (Fsp3) is 0. The van der Waals surface area contributed by atoms with E-state index in [1.807, 2.05) is 35.2 Å². The van der Waals surface area contributed by atoms with Crippen LogP contribution in [-0.2, 0) is 0 Å². The zero-order chi connectivity index (χ0) is 16.6. The van der Waals surface area contributed by atoms with Crippen LogP contribution in [0.4, 0.5) is 0 Å². The summed E-state index contributed by atoms with van der Waals surface area (Å²) < 4.78 is 1.83. The third-order valence-corrected chi connectivity index (χ3v) is 4.56. The van der Waals surface area contributed by atoms with Crippen LogP contribution in [0.1, 0.15) is 5.56 Å². The van der Waals surface area contributed by atoms with Crippen molar-refractivity contribution < 1.29 is 0 Å². The van der Waals surface area contributed by atoms with E-state index in [2.05, 4.69) is 59.6 Å². The van der Waals surface area contributed by atoms with E-state index in [1.54, 1.807) is 6.33 Å². The molecule has 25 heavy (non-hydrogen) atoms. The van der Waals surface area contributed by atoms with E-state index < -0.39 is 0 Å². The smallest absolute Gasteiger partial charge is 0.118 e. The number of para-hydroxylation sites is 2. The van der Waals surface area contributed by atoms with E-state index in [4.69, 9.17) is 5.10 Å². The minimum Gasteiger partial charge on any atom is -0.235 e. The molecular formula is C22H15N3. The van der Waals surface area contributed by atoms with Gasteiger partial charge in [0, 0.05) is 5.56 Å². The van der Waals surface area contributed by atoms with Gasteiger partial charge in [0.05, 0.1) is 17.2 Å². The van der Waals surface area contributed by atoms with Crippen molar-refractivity contribution in [2.24, 2.45) is 5.10 Å². The lowest BCUT2D eigenvalue weighted by atomic mass is 9.97. The van der Waals surface area contributed by atoms with Gasteiger partial charge in [-0.05, 0) is 39.7 Å². The number of imidazole rings is 1. The van der Waals surface area contributed by atoms with Gasteiger partial charge in [0.2, 0.25) is 0 Å². The van der Waals surface area contributed by atoms with Crippen LogP contribution >= 0.6 is 0 Å². The Kier molecular flexibility index (Phi) is 3.10. The van der Waals surface area contributed by atoms with Crippen molar-refractivity contribution in [2.45, 2.75) is 0 Å². The van der Waals surface area contributed by atoms with E-state index in [1.165, 1.54) is 21.5 Å². The summed E-state index contributed by atoms with van der Waals surface area (Å²) in [4.78, 5) is 4.40. The van der Waals surface area contributed by atoms with Gasteiger partial charge in [0.15, 0.2) is 0 Å². The van der Waals surface area contributed by atoms with Gasteiger partial charge >= 0.3 is 0 Å². The number of fused-ring (bicyclic) bond motifs is 3. The molecule has 0 saturated heterocycles. The third-order valence-electron chi connectivity index (χ3n) is 4.56. The first-order valence-corrected chi connectivity index (χ1v) is 8.27. The number of nitrogens with zero attached hydrogens (tertiary/aromatic N) is 3. The molecule has 0 aliphatic carbocycles. The largest absolute Gasteiger partial charge is 0.235 e. The highest BCUT2D eigenvalue weighted by molar-refractivity contribution is 6.13. The topological polar surface area (TPSA) is 30.2 Å². The highest BCUT2D eigenvalue weighted by Crippen LogP contribution is 2.27. The summed E-state index contributed by atoms with van der Waals surface area (Å²) in [6, 6.07) is 27.1. The average molecular weight is 321 g/mol. The molecular weight excluding hydrogens is 306 g/mol. The van der Waals surface area contributed by atoms with Crippen LogP contribution in [0.25, 0.3) is 32.6 Å². The second-order valence-corrected chi connectivity index (χ2v) is 6.05. The number of hydrogen-bond donors (Lipinski definition) is 0. The fourth-order valence-corrected chi connectivity index (χ4v) is 3.35. The number of hydrogen-bond acceptors (Lipinski definition) is 2. The van der Waals surface area contributed by atoms with Crippen molar-refractivity contribution in [3.63, 3.8) is 0 Å². The maximum Gasteiger partial charge on any atom is 0.118 e. The van der Waals surface area contributed by atoms with Gasteiger partial charge in [-0.3, -0.25) is 0 Å². The van der Waals surface area contributed by atoms with Crippen LogP contribution < -0.4 is 0 Å². The Morgan fingerprint density at radius 1 is 0.760 bits per heavy atom. The summed E-state index contributed by atoms with van der Waals surface area (Å²) >= 11 is 0. The number of rotatable bonds is 2. The van der Waals surface area contributed by atoms with Gasteiger partial charge in [-0.2, -0.15) is 5.10 Å².